The van der Waals surface area contributed by atoms with E-state index in [1.165, 1.54) is 0 Å². The van der Waals surface area contributed by atoms with Gasteiger partial charge in [0.05, 0.1) is 18.2 Å². The predicted octanol–water partition coefficient (Wildman–Crippen LogP) is 1.74. The molecule has 1 aromatic carbocycles. The third-order valence-electron chi connectivity index (χ3n) is 3.77. The van der Waals surface area contributed by atoms with E-state index in [0.717, 1.165) is 5.56 Å². The van der Waals surface area contributed by atoms with Crippen LogP contribution < -0.4 is 0 Å². The maximum Gasteiger partial charge on any atom is 0.324 e. The van der Waals surface area contributed by atoms with Crippen molar-refractivity contribution in [2.45, 2.75) is 19.4 Å². The van der Waals surface area contributed by atoms with Crippen LogP contribution in [0.1, 0.15) is 18.9 Å². The number of hydrazone groups is 1. The maximum atomic E-state index is 12.5. The fourth-order valence-electron chi connectivity index (χ4n) is 2.74. The fraction of sp³-hybridized carbons (Fsp3) is 0.312. The highest BCUT2D eigenvalue weighted by Gasteiger charge is 2.42. The zero-order chi connectivity index (χ0) is 15.0. The minimum Gasteiger partial charge on any atom is -0.431 e. The first-order valence-electron chi connectivity index (χ1n) is 6.85. The lowest BCUT2D eigenvalue weighted by atomic mass is 9.89. The van der Waals surface area contributed by atoms with Crippen molar-refractivity contribution >= 4 is 17.5 Å². The average molecular weight is 284 g/mol. The summed E-state index contributed by atoms with van der Waals surface area (Å²) in [5.74, 6) is -0.926. The first kappa shape index (κ1) is 13.5. The first-order valence-corrected chi connectivity index (χ1v) is 6.85. The van der Waals surface area contributed by atoms with E-state index in [0.29, 0.717) is 11.5 Å². The lowest BCUT2D eigenvalue weighted by molar-refractivity contribution is -0.151. The number of esters is 1. The molecule has 0 aromatic heterocycles. The molecule has 0 amide bonds. The third-order valence-corrected chi connectivity index (χ3v) is 3.77. The zero-order valence-electron chi connectivity index (χ0n) is 11.9. The molecule has 2 unspecified atom stereocenters. The Labute approximate surface area is 122 Å². The Morgan fingerprint density at radius 3 is 2.67 bits per heavy atom. The molecule has 21 heavy (non-hydrogen) atoms. The van der Waals surface area contributed by atoms with Gasteiger partial charge < -0.3 is 4.74 Å². The fourth-order valence-corrected chi connectivity index (χ4v) is 2.74. The van der Waals surface area contributed by atoms with Crippen LogP contribution in [0, 0.1) is 5.92 Å². The van der Waals surface area contributed by atoms with Gasteiger partial charge in [0, 0.05) is 7.05 Å². The SMILES string of the molecule is CC1=CC2C(C(=O)CC(c3ccccc3)=NN2C)C(=O)O1. The number of Topliss-reactive ketones (excluding diaryl/α,β-unsaturated/α-hetero) is 1. The van der Waals surface area contributed by atoms with Gasteiger partial charge in [-0.25, -0.2) is 0 Å². The number of cyclic esters (lactones) is 1. The number of likely N-dealkylation sites (N-methyl/N-ethyl adjacent to an activating group) is 1. The normalized spacial score (nSPS) is 25.5. The molecular weight excluding hydrogens is 268 g/mol. The first-order chi connectivity index (χ1) is 10.1. The minimum absolute atomic E-state index is 0.136. The molecule has 1 aromatic rings. The van der Waals surface area contributed by atoms with Gasteiger partial charge in [-0.3, -0.25) is 14.6 Å². The van der Waals surface area contributed by atoms with E-state index in [2.05, 4.69) is 5.10 Å². The second-order valence-corrected chi connectivity index (χ2v) is 5.30. The molecule has 0 N–H and O–H groups in total. The van der Waals surface area contributed by atoms with Gasteiger partial charge in [0.2, 0.25) is 0 Å². The van der Waals surface area contributed by atoms with Gasteiger partial charge in [-0.15, -0.1) is 0 Å². The molecule has 0 saturated carbocycles. The molecule has 2 aliphatic rings. The topological polar surface area (TPSA) is 59.0 Å². The van der Waals surface area contributed by atoms with Crippen LogP contribution >= 0.6 is 0 Å². The summed E-state index contributed by atoms with van der Waals surface area (Å²) in [7, 11) is 1.78. The van der Waals surface area contributed by atoms with E-state index in [1.54, 1.807) is 25.1 Å². The molecule has 0 spiro atoms. The number of rotatable bonds is 1. The van der Waals surface area contributed by atoms with Crippen LogP contribution in [0.3, 0.4) is 0 Å². The van der Waals surface area contributed by atoms with Gasteiger partial charge in [-0.05, 0) is 18.6 Å². The van der Waals surface area contributed by atoms with Crippen LogP contribution in [0.2, 0.25) is 0 Å². The van der Waals surface area contributed by atoms with Gasteiger partial charge in [0.25, 0.3) is 0 Å². The number of ether oxygens (including phenoxy) is 1. The monoisotopic (exact) mass is 284 g/mol. The van der Waals surface area contributed by atoms with Crippen molar-refractivity contribution in [3.05, 3.63) is 47.7 Å². The second kappa shape index (κ2) is 5.16. The largest absolute Gasteiger partial charge is 0.431 e. The lowest BCUT2D eigenvalue weighted by Gasteiger charge is -2.30. The van der Waals surface area contributed by atoms with Crippen molar-refractivity contribution in [1.82, 2.24) is 5.01 Å². The molecule has 2 heterocycles. The Bertz CT molecular complexity index is 649. The molecule has 5 heteroatoms. The number of hydrogen-bond donors (Lipinski definition) is 0. The summed E-state index contributed by atoms with van der Waals surface area (Å²) >= 11 is 0. The van der Waals surface area contributed by atoms with E-state index in [-0.39, 0.29) is 18.2 Å². The molecule has 0 aliphatic carbocycles. The molecule has 2 aliphatic heterocycles. The Morgan fingerprint density at radius 1 is 1.24 bits per heavy atom. The van der Waals surface area contributed by atoms with Gasteiger partial charge in [-0.1, -0.05) is 30.3 Å². The van der Waals surface area contributed by atoms with Crippen LogP contribution in [0.4, 0.5) is 0 Å². The second-order valence-electron chi connectivity index (χ2n) is 5.30. The molecular formula is C16H16N2O3. The summed E-state index contributed by atoms with van der Waals surface area (Å²) in [6.45, 7) is 1.71. The molecule has 0 saturated heterocycles. The summed E-state index contributed by atoms with van der Waals surface area (Å²) in [6, 6.07) is 9.16. The number of carbonyl (C=O) groups is 2. The van der Waals surface area contributed by atoms with E-state index >= 15 is 0 Å². The molecule has 0 bridgehead atoms. The Morgan fingerprint density at radius 2 is 1.95 bits per heavy atom. The van der Waals surface area contributed by atoms with Crippen LogP contribution in [-0.4, -0.2) is 35.6 Å². The van der Waals surface area contributed by atoms with Crippen molar-refractivity contribution in [3.63, 3.8) is 0 Å². The van der Waals surface area contributed by atoms with Gasteiger partial charge in [0.1, 0.15) is 11.7 Å². The molecule has 108 valence electrons. The number of benzene rings is 1. The third kappa shape index (κ3) is 2.46. The quantitative estimate of drug-likeness (QED) is 0.582. The summed E-state index contributed by atoms with van der Waals surface area (Å²) in [4.78, 5) is 24.5. The van der Waals surface area contributed by atoms with Crippen LogP contribution in [0.25, 0.3) is 0 Å². The lowest BCUT2D eigenvalue weighted by Crippen LogP contribution is -2.44. The highest BCUT2D eigenvalue weighted by atomic mass is 16.5. The summed E-state index contributed by atoms with van der Waals surface area (Å²) in [6.07, 6.45) is 1.92. The van der Waals surface area contributed by atoms with Crippen molar-refractivity contribution in [3.8, 4) is 0 Å². The highest BCUT2D eigenvalue weighted by Crippen LogP contribution is 2.27. The Hall–Kier alpha value is -2.43. The number of allylic oxidation sites excluding steroid dienone is 1. The smallest absolute Gasteiger partial charge is 0.324 e. The Balaban J connectivity index is 2.01. The van der Waals surface area contributed by atoms with Crippen molar-refractivity contribution < 1.29 is 14.3 Å². The highest BCUT2D eigenvalue weighted by molar-refractivity contribution is 6.16. The molecule has 2 atom stereocenters. The summed E-state index contributed by atoms with van der Waals surface area (Å²) in [5, 5.41) is 6.21. The van der Waals surface area contributed by atoms with Crippen LogP contribution in [-0.2, 0) is 14.3 Å². The molecule has 0 radical (unpaired) electrons. The molecule has 0 fully saturated rings. The van der Waals surface area contributed by atoms with Crippen LogP contribution in [0.5, 0.6) is 0 Å². The predicted molar refractivity (Wildman–Crippen MR) is 77.5 cm³/mol. The van der Waals surface area contributed by atoms with Crippen LogP contribution in [0.15, 0.2) is 47.3 Å². The number of nitrogens with zero attached hydrogens (tertiary/aromatic N) is 2. The zero-order valence-corrected chi connectivity index (χ0v) is 11.9. The number of hydrogen-bond acceptors (Lipinski definition) is 5. The summed E-state index contributed by atoms with van der Waals surface area (Å²) in [5.41, 5.74) is 1.57. The minimum atomic E-state index is -0.802. The Kier molecular flexibility index (Phi) is 3.33. The molecule has 5 nitrogen and oxygen atoms in total. The maximum absolute atomic E-state index is 12.5. The van der Waals surface area contributed by atoms with E-state index in [4.69, 9.17) is 4.74 Å². The standard InChI is InChI=1S/C16H16N2O3/c1-10-8-13-15(16(20)21-10)14(19)9-12(17-18(13)2)11-6-4-3-5-7-11/h3-8,13,15H,9H2,1-2H3. The van der Waals surface area contributed by atoms with Crippen molar-refractivity contribution in [2.75, 3.05) is 7.05 Å². The summed E-state index contributed by atoms with van der Waals surface area (Å²) < 4.78 is 5.09. The van der Waals surface area contributed by atoms with Gasteiger partial charge >= 0.3 is 5.97 Å². The van der Waals surface area contributed by atoms with E-state index < -0.39 is 11.9 Å². The number of ketones is 1. The van der Waals surface area contributed by atoms with E-state index in [1.807, 2.05) is 30.3 Å². The van der Waals surface area contributed by atoms with Gasteiger partial charge in [0.15, 0.2) is 5.78 Å². The number of carbonyl (C=O) groups excluding carboxylic acids is 2. The van der Waals surface area contributed by atoms with Gasteiger partial charge in [-0.2, -0.15) is 5.10 Å². The van der Waals surface area contributed by atoms with E-state index in [9.17, 15) is 9.59 Å². The van der Waals surface area contributed by atoms with Crippen molar-refractivity contribution in [2.24, 2.45) is 11.0 Å². The number of fused-ring (bicyclic) bond motifs is 1. The average Bonchev–Trinajstić information content (AvgIpc) is 2.57. The van der Waals surface area contributed by atoms with Crippen molar-refractivity contribution in [1.29, 1.82) is 0 Å². The molecule has 3 rings (SSSR count).